The summed E-state index contributed by atoms with van der Waals surface area (Å²) < 4.78 is 10.8. The average molecular weight is 387 g/mol. The van der Waals surface area contributed by atoms with Crippen molar-refractivity contribution in [3.8, 4) is 28.7 Å². The molecule has 0 bridgehead atoms. The van der Waals surface area contributed by atoms with E-state index in [0.29, 0.717) is 33.9 Å². The molecule has 0 radical (unpaired) electrons. The molecule has 6 heteroatoms. The summed E-state index contributed by atoms with van der Waals surface area (Å²) in [6, 6.07) is 20.2. The zero-order valence-corrected chi connectivity index (χ0v) is 16.0. The molecule has 0 aliphatic rings. The number of hydrogen-bond acceptors (Lipinski definition) is 6. The number of carbonyl (C=O) groups excluding carboxylic acids is 1. The summed E-state index contributed by atoms with van der Waals surface area (Å²) in [6.45, 7) is 0. The third-order valence-corrected chi connectivity index (χ3v) is 4.51. The first-order chi connectivity index (χ1) is 14.1. The van der Waals surface area contributed by atoms with Crippen LogP contribution in [-0.4, -0.2) is 20.2 Å². The van der Waals surface area contributed by atoms with Crippen LogP contribution in [0.25, 0.3) is 11.1 Å². The molecule has 3 rings (SSSR count). The first kappa shape index (κ1) is 19.8. The van der Waals surface area contributed by atoms with Crippen molar-refractivity contribution in [3.05, 3.63) is 77.9 Å². The van der Waals surface area contributed by atoms with E-state index in [9.17, 15) is 9.90 Å². The number of nitrogens with zero attached hydrogens (tertiary/aromatic N) is 1. The van der Waals surface area contributed by atoms with Crippen molar-refractivity contribution in [2.75, 3.05) is 19.5 Å². The van der Waals surface area contributed by atoms with Crippen LogP contribution in [0.5, 0.6) is 11.5 Å². The van der Waals surface area contributed by atoms with Crippen LogP contribution in [0.2, 0.25) is 0 Å². The maximum Gasteiger partial charge on any atom is 0.161 e. The number of ether oxygens (including phenoxy) is 2. The Morgan fingerprint density at radius 2 is 1.62 bits per heavy atom. The van der Waals surface area contributed by atoms with Crippen LogP contribution >= 0.6 is 0 Å². The molecule has 29 heavy (non-hydrogen) atoms. The lowest BCUT2D eigenvalue weighted by molar-refractivity contribution is -0.307. The SMILES string of the molecule is COc1cc(-c2ccccc2)c(C(Nc2ccc(C#N)cc2)C(=O)[O-])cc1OC. The van der Waals surface area contributed by atoms with Crippen LogP contribution in [0.4, 0.5) is 5.69 Å². The van der Waals surface area contributed by atoms with Gasteiger partial charge in [-0.25, -0.2) is 0 Å². The van der Waals surface area contributed by atoms with Crippen molar-refractivity contribution in [2.24, 2.45) is 0 Å². The van der Waals surface area contributed by atoms with Gasteiger partial charge in [0.1, 0.15) is 0 Å². The van der Waals surface area contributed by atoms with E-state index in [2.05, 4.69) is 5.32 Å². The van der Waals surface area contributed by atoms with Crippen LogP contribution in [0.3, 0.4) is 0 Å². The van der Waals surface area contributed by atoms with Crippen molar-refractivity contribution < 1.29 is 19.4 Å². The predicted octanol–water partition coefficient (Wildman–Crippen LogP) is 3.15. The average Bonchev–Trinajstić information content (AvgIpc) is 2.77. The standard InChI is InChI=1S/C23H20N2O4/c1-28-20-12-18(16-6-4-3-5-7-16)19(13-21(20)29-2)22(23(26)27)25-17-10-8-15(14-24)9-11-17/h3-13,22,25H,1-2H3,(H,26,27)/p-1. The van der Waals surface area contributed by atoms with Gasteiger partial charge >= 0.3 is 0 Å². The monoisotopic (exact) mass is 387 g/mol. The summed E-state index contributed by atoms with van der Waals surface area (Å²) in [6.07, 6.45) is 0. The van der Waals surface area contributed by atoms with Crippen molar-refractivity contribution >= 4 is 11.7 Å². The minimum atomic E-state index is -1.29. The molecular weight excluding hydrogens is 368 g/mol. The minimum Gasteiger partial charge on any atom is -0.548 e. The summed E-state index contributed by atoms with van der Waals surface area (Å²) in [4.78, 5) is 12.1. The maximum absolute atomic E-state index is 12.1. The normalized spacial score (nSPS) is 11.2. The number of hydrogen-bond donors (Lipinski definition) is 1. The van der Waals surface area contributed by atoms with Crippen molar-refractivity contribution in [2.45, 2.75) is 6.04 Å². The zero-order chi connectivity index (χ0) is 20.8. The van der Waals surface area contributed by atoms with E-state index in [1.165, 1.54) is 14.2 Å². The van der Waals surface area contributed by atoms with Gasteiger partial charge in [0.15, 0.2) is 11.5 Å². The van der Waals surface area contributed by atoms with Gasteiger partial charge in [-0.2, -0.15) is 5.26 Å². The fourth-order valence-corrected chi connectivity index (χ4v) is 3.07. The Bertz CT molecular complexity index is 1040. The topological polar surface area (TPSA) is 94.4 Å². The minimum absolute atomic E-state index is 0.412. The van der Waals surface area contributed by atoms with E-state index < -0.39 is 12.0 Å². The molecule has 0 aliphatic heterocycles. The number of carboxylic acids is 1. The van der Waals surface area contributed by atoms with E-state index >= 15 is 0 Å². The Morgan fingerprint density at radius 1 is 1.00 bits per heavy atom. The number of benzene rings is 3. The molecule has 0 saturated heterocycles. The van der Waals surface area contributed by atoms with Gasteiger partial charge in [0.2, 0.25) is 0 Å². The van der Waals surface area contributed by atoms with Gasteiger partial charge in [-0.3, -0.25) is 0 Å². The van der Waals surface area contributed by atoms with Crippen LogP contribution in [0, 0.1) is 11.3 Å². The van der Waals surface area contributed by atoms with Gasteiger partial charge in [-0.15, -0.1) is 0 Å². The van der Waals surface area contributed by atoms with E-state index in [0.717, 1.165) is 5.56 Å². The lowest BCUT2D eigenvalue weighted by Gasteiger charge is -2.25. The number of anilines is 1. The molecule has 0 saturated carbocycles. The summed E-state index contributed by atoms with van der Waals surface area (Å²) in [7, 11) is 3.02. The molecule has 1 unspecified atom stereocenters. The zero-order valence-electron chi connectivity index (χ0n) is 16.0. The van der Waals surface area contributed by atoms with Crippen molar-refractivity contribution in [1.82, 2.24) is 0 Å². The summed E-state index contributed by atoms with van der Waals surface area (Å²) in [5.74, 6) is -0.389. The highest BCUT2D eigenvalue weighted by atomic mass is 16.5. The first-order valence-corrected chi connectivity index (χ1v) is 8.86. The molecular formula is C23H19N2O4-. The predicted molar refractivity (Wildman–Crippen MR) is 108 cm³/mol. The molecule has 0 aliphatic carbocycles. The molecule has 3 aromatic carbocycles. The van der Waals surface area contributed by atoms with Crippen LogP contribution in [-0.2, 0) is 4.79 Å². The quantitative estimate of drug-likeness (QED) is 0.669. The molecule has 1 atom stereocenters. The maximum atomic E-state index is 12.1. The highest BCUT2D eigenvalue weighted by Gasteiger charge is 2.21. The lowest BCUT2D eigenvalue weighted by Crippen LogP contribution is -2.34. The number of methoxy groups -OCH3 is 2. The van der Waals surface area contributed by atoms with Gasteiger partial charge in [0.25, 0.3) is 0 Å². The van der Waals surface area contributed by atoms with Crippen LogP contribution in [0.15, 0.2) is 66.7 Å². The largest absolute Gasteiger partial charge is 0.548 e. The van der Waals surface area contributed by atoms with Crippen molar-refractivity contribution in [1.29, 1.82) is 5.26 Å². The number of nitriles is 1. The first-order valence-electron chi connectivity index (χ1n) is 8.86. The number of nitrogens with one attached hydrogen (secondary N) is 1. The van der Waals surface area contributed by atoms with E-state index in [1.807, 2.05) is 36.4 Å². The van der Waals surface area contributed by atoms with Crippen LogP contribution < -0.4 is 19.9 Å². The molecule has 6 nitrogen and oxygen atoms in total. The number of carboxylic acid groups (broad SMARTS) is 1. The number of aliphatic carboxylic acids is 1. The second-order valence-electron chi connectivity index (χ2n) is 6.25. The van der Waals surface area contributed by atoms with Gasteiger partial charge in [-0.05, 0) is 53.1 Å². The van der Waals surface area contributed by atoms with E-state index in [-0.39, 0.29) is 0 Å². The molecule has 0 fully saturated rings. The van der Waals surface area contributed by atoms with Gasteiger partial charge in [-0.1, -0.05) is 30.3 Å². The summed E-state index contributed by atoms with van der Waals surface area (Å²) >= 11 is 0. The van der Waals surface area contributed by atoms with Gasteiger partial charge in [0.05, 0.1) is 37.9 Å². The number of carbonyl (C=O) groups is 1. The van der Waals surface area contributed by atoms with E-state index in [4.69, 9.17) is 14.7 Å². The van der Waals surface area contributed by atoms with Crippen molar-refractivity contribution in [3.63, 3.8) is 0 Å². The molecule has 1 N–H and O–H groups in total. The Labute approximate surface area is 168 Å². The molecule has 0 spiro atoms. The van der Waals surface area contributed by atoms with Gasteiger partial charge < -0.3 is 24.7 Å². The Hall–Kier alpha value is -3.98. The molecule has 0 amide bonds. The number of rotatable bonds is 7. The summed E-state index contributed by atoms with van der Waals surface area (Å²) in [5, 5.41) is 24.0. The Kier molecular flexibility index (Phi) is 6.00. The molecule has 146 valence electrons. The molecule has 0 heterocycles. The molecule has 0 aromatic heterocycles. The Balaban J connectivity index is 2.13. The van der Waals surface area contributed by atoms with Gasteiger partial charge in [0, 0.05) is 5.69 Å². The highest BCUT2D eigenvalue weighted by Crippen LogP contribution is 2.39. The fourth-order valence-electron chi connectivity index (χ4n) is 3.07. The molecule has 3 aromatic rings. The smallest absolute Gasteiger partial charge is 0.161 e. The third-order valence-electron chi connectivity index (χ3n) is 4.51. The van der Waals surface area contributed by atoms with E-state index in [1.54, 1.807) is 36.4 Å². The second-order valence-corrected chi connectivity index (χ2v) is 6.25. The fraction of sp³-hybridized carbons (Fsp3) is 0.130. The Morgan fingerprint density at radius 3 is 2.17 bits per heavy atom. The lowest BCUT2D eigenvalue weighted by atomic mass is 9.93. The second kappa shape index (κ2) is 8.81. The summed E-state index contributed by atoms with van der Waals surface area (Å²) in [5.41, 5.74) is 3.01. The highest BCUT2D eigenvalue weighted by molar-refractivity contribution is 5.83. The van der Waals surface area contributed by atoms with Crippen LogP contribution in [0.1, 0.15) is 17.2 Å². The third kappa shape index (κ3) is 4.30.